The highest BCUT2D eigenvalue weighted by Crippen LogP contribution is 2.26. The Hall–Kier alpha value is -3.42. The minimum absolute atomic E-state index is 0.125. The van der Waals surface area contributed by atoms with Crippen LogP contribution in [0.1, 0.15) is 5.56 Å². The van der Waals surface area contributed by atoms with E-state index in [2.05, 4.69) is 20.6 Å². The zero-order chi connectivity index (χ0) is 21.8. The second kappa shape index (κ2) is 9.16. The van der Waals surface area contributed by atoms with Crippen LogP contribution >= 0.6 is 23.8 Å². The number of amides is 1. The Morgan fingerprint density at radius 2 is 1.87 bits per heavy atom. The van der Waals surface area contributed by atoms with Crippen molar-refractivity contribution < 1.29 is 9.53 Å². The van der Waals surface area contributed by atoms with Gasteiger partial charge in [0.15, 0.2) is 11.7 Å². The van der Waals surface area contributed by atoms with Gasteiger partial charge in [-0.2, -0.15) is 0 Å². The summed E-state index contributed by atoms with van der Waals surface area (Å²) in [6, 6.07) is 20.5. The van der Waals surface area contributed by atoms with E-state index in [0.717, 1.165) is 33.7 Å². The first-order chi connectivity index (χ1) is 15.0. The van der Waals surface area contributed by atoms with E-state index in [4.69, 9.17) is 28.6 Å². The summed E-state index contributed by atoms with van der Waals surface area (Å²) in [6.07, 6.45) is 0. The molecule has 0 fully saturated rings. The third kappa shape index (κ3) is 5.20. The van der Waals surface area contributed by atoms with Crippen molar-refractivity contribution >= 4 is 51.6 Å². The van der Waals surface area contributed by atoms with Crippen molar-refractivity contribution in [3.8, 4) is 17.1 Å². The van der Waals surface area contributed by atoms with Gasteiger partial charge in [0.1, 0.15) is 11.6 Å². The van der Waals surface area contributed by atoms with Gasteiger partial charge in [0, 0.05) is 16.3 Å². The summed E-state index contributed by atoms with van der Waals surface area (Å²) in [5, 5.41) is 6.47. The molecule has 1 aromatic heterocycles. The molecule has 0 aliphatic carbocycles. The minimum Gasteiger partial charge on any atom is -0.484 e. The van der Waals surface area contributed by atoms with Gasteiger partial charge in [0.2, 0.25) is 0 Å². The number of rotatable bonds is 5. The summed E-state index contributed by atoms with van der Waals surface area (Å²) in [5.74, 6) is 1.03. The molecule has 0 saturated heterocycles. The number of aromatic amines is 1. The van der Waals surface area contributed by atoms with Crippen LogP contribution < -0.4 is 15.4 Å². The zero-order valence-corrected chi connectivity index (χ0v) is 18.2. The van der Waals surface area contributed by atoms with Crippen molar-refractivity contribution in [1.29, 1.82) is 0 Å². The summed E-state index contributed by atoms with van der Waals surface area (Å²) in [4.78, 5) is 19.9. The first kappa shape index (κ1) is 20.8. The number of carbonyl (C=O) groups is 1. The second-order valence-electron chi connectivity index (χ2n) is 6.89. The monoisotopic (exact) mass is 450 g/mol. The molecule has 0 aliphatic rings. The molecule has 31 heavy (non-hydrogen) atoms. The van der Waals surface area contributed by atoms with Crippen LogP contribution in [-0.4, -0.2) is 27.6 Å². The molecular weight excluding hydrogens is 432 g/mol. The highest BCUT2D eigenvalue weighted by atomic mass is 35.5. The number of hydrogen-bond donors (Lipinski definition) is 3. The Morgan fingerprint density at radius 3 is 2.61 bits per heavy atom. The average Bonchev–Trinajstić information content (AvgIpc) is 3.16. The van der Waals surface area contributed by atoms with Gasteiger partial charge in [0.05, 0.1) is 11.0 Å². The highest BCUT2D eigenvalue weighted by Gasteiger charge is 2.09. The standard InChI is InChI=1S/C23H19ClN4O2S/c1-14-11-19-20(12-18(14)24)27-22(26-19)15-7-9-16(10-8-15)25-23(31)28-21(29)13-30-17-5-3-2-4-6-17/h2-12H,13H2,1H3,(H,26,27)(H2,25,28,29,31). The molecule has 0 aliphatic heterocycles. The lowest BCUT2D eigenvalue weighted by molar-refractivity contribution is -0.121. The molecule has 0 bridgehead atoms. The van der Waals surface area contributed by atoms with E-state index in [0.29, 0.717) is 10.8 Å². The Kier molecular flexibility index (Phi) is 6.16. The lowest BCUT2D eigenvalue weighted by Crippen LogP contribution is -2.37. The van der Waals surface area contributed by atoms with Gasteiger partial charge in [-0.05, 0) is 73.2 Å². The van der Waals surface area contributed by atoms with Gasteiger partial charge in [-0.3, -0.25) is 10.1 Å². The fraction of sp³-hybridized carbons (Fsp3) is 0.0870. The van der Waals surface area contributed by atoms with Gasteiger partial charge in [0.25, 0.3) is 5.91 Å². The Balaban J connectivity index is 1.35. The van der Waals surface area contributed by atoms with Crippen molar-refractivity contribution in [3.63, 3.8) is 0 Å². The average molecular weight is 451 g/mol. The first-order valence-electron chi connectivity index (χ1n) is 9.53. The number of anilines is 1. The molecule has 0 unspecified atom stereocenters. The number of aryl methyl sites for hydroxylation is 1. The third-order valence-corrected chi connectivity index (χ3v) is 5.16. The van der Waals surface area contributed by atoms with Crippen LogP contribution in [0.2, 0.25) is 5.02 Å². The summed E-state index contributed by atoms with van der Waals surface area (Å²) in [6.45, 7) is 1.83. The molecule has 8 heteroatoms. The lowest BCUT2D eigenvalue weighted by Gasteiger charge is -2.10. The number of ether oxygens (including phenoxy) is 1. The van der Waals surface area contributed by atoms with E-state index in [9.17, 15) is 4.79 Å². The number of para-hydroxylation sites is 1. The molecule has 0 atom stereocenters. The molecule has 1 heterocycles. The summed E-state index contributed by atoms with van der Waals surface area (Å²) in [5.41, 5.74) is 4.40. The molecule has 0 spiro atoms. The predicted octanol–water partition coefficient (Wildman–Crippen LogP) is 5.08. The molecule has 0 radical (unpaired) electrons. The van der Waals surface area contributed by atoms with Gasteiger partial charge in [-0.15, -0.1) is 0 Å². The van der Waals surface area contributed by atoms with Crippen molar-refractivity contribution in [1.82, 2.24) is 15.3 Å². The van der Waals surface area contributed by atoms with Crippen molar-refractivity contribution in [3.05, 3.63) is 77.3 Å². The number of imidazole rings is 1. The van der Waals surface area contributed by atoms with E-state index in [1.807, 2.05) is 61.5 Å². The molecule has 3 N–H and O–H groups in total. The van der Waals surface area contributed by atoms with E-state index >= 15 is 0 Å². The van der Waals surface area contributed by atoms with E-state index in [-0.39, 0.29) is 17.6 Å². The predicted molar refractivity (Wildman–Crippen MR) is 128 cm³/mol. The second-order valence-corrected chi connectivity index (χ2v) is 7.70. The maximum atomic E-state index is 12.0. The lowest BCUT2D eigenvalue weighted by atomic mass is 10.2. The topological polar surface area (TPSA) is 79.0 Å². The fourth-order valence-electron chi connectivity index (χ4n) is 2.98. The number of nitrogens with zero attached hydrogens (tertiary/aromatic N) is 1. The summed E-state index contributed by atoms with van der Waals surface area (Å²) >= 11 is 11.4. The molecule has 4 aromatic rings. The fourth-order valence-corrected chi connectivity index (χ4v) is 3.37. The number of H-pyrrole nitrogens is 1. The Bertz CT molecular complexity index is 1200. The van der Waals surface area contributed by atoms with Crippen LogP contribution in [0.25, 0.3) is 22.4 Å². The van der Waals surface area contributed by atoms with Crippen LogP contribution in [0.4, 0.5) is 5.69 Å². The van der Waals surface area contributed by atoms with E-state index in [1.54, 1.807) is 12.1 Å². The van der Waals surface area contributed by atoms with Crippen molar-refractivity contribution in [2.45, 2.75) is 6.92 Å². The largest absolute Gasteiger partial charge is 0.484 e. The number of benzene rings is 3. The molecule has 1 amide bonds. The van der Waals surface area contributed by atoms with Crippen LogP contribution in [0.3, 0.4) is 0 Å². The number of hydrogen-bond acceptors (Lipinski definition) is 4. The number of thiocarbonyl (C=S) groups is 1. The van der Waals surface area contributed by atoms with Gasteiger partial charge in [-0.25, -0.2) is 4.98 Å². The zero-order valence-electron chi connectivity index (χ0n) is 16.6. The van der Waals surface area contributed by atoms with E-state index < -0.39 is 0 Å². The third-order valence-electron chi connectivity index (χ3n) is 4.54. The smallest absolute Gasteiger partial charge is 0.264 e. The van der Waals surface area contributed by atoms with Crippen molar-refractivity contribution in [2.24, 2.45) is 0 Å². The minimum atomic E-state index is -0.339. The number of aromatic nitrogens is 2. The van der Waals surface area contributed by atoms with Gasteiger partial charge in [-0.1, -0.05) is 29.8 Å². The summed E-state index contributed by atoms with van der Waals surface area (Å²) < 4.78 is 5.41. The first-order valence-corrected chi connectivity index (χ1v) is 10.3. The number of carbonyl (C=O) groups excluding carboxylic acids is 1. The molecule has 156 valence electrons. The number of halogens is 1. The molecule has 4 rings (SSSR count). The van der Waals surface area contributed by atoms with Crippen molar-refractivity contribution in [2.75, 3.05) is 11.9 Å². The number of nitrogens with one attached hydrogen (secondary N) is 3. The number of fused-ring (bicyclic) bond motifs is 1. The maximum Gasteiger partial charge on any atom is 0.264 e. The van der Waals surface area contributed by atoms with Crippen LogP contribution in [0.15, 0.2) is 66.7 Å². The quantitative estimate of drug-likeness (QED) is 0.369. The molecule has 6 nitrogen and oxygen atoms in total. The SMILES string of the molecule is Cc1cc2[nH]c(-c3ccc(NC(=S)NC(=O)COc4ccccc4)cc3)nc2cc1Cl. The highest BCUT2D eigenvalue weighted by molar-refractivity contribution is 7.80. The van der Waals surface area contributed by atoms with Crippen LogP contribution in [0, 0.1) is 6.92 Å². The van der Waals surface area contributed by atoms with Gasteiger partial charge >= 0.3 is 0 Å². The van der Waals surface area contributed by atoms with Crippen LogP contribution in [-0.2, 0) is 4.79 Å². The molecular formula is C23H19ClN4O2S. The Morgan fingerprint density at radius 1 is 1.13 bits per heavy atom. The maximum absolute atomic E-state index is 12.0. The van der Waals surface area contributed by atoms with E-state index in [1.165, 1.54) is 0 Å². The summed E-state index contributed by atoms with van der Waals surface area (Å²) in [7, 11) is 0. The molecule has 3 aromatic carbocycles. The van der Waals surface area contributed by atoms with Crippen LogP contribution in [0.5, 0.6) is 5.75 Å². The normalized spacial score (nSPS) is 10.6. The van der Waals surface area contributed by atoms with Gasteiger partial charge < -0.3 is 15.0 Å². The molecule has 0 saturated carbocycles. The Labute approximate surface area is 189 Å².